The van der Waals surface area contributed by atoms with Gasteiger partial charge in [-0.15, -0.1) is 0 Å². The molecule has 2 fully saturated rings. The highest BCUT2D eigenvalue weighted by Crippen LogP contribution is 2.32. The Morgan fingerprint density at radius 3 is 1.49 bits per heavy atom. The molecule has 0 spiro atoms. The summed E-state index contributed by atoms with van der Waals surface area (Å²) in [6.07, 6.45) is 13.8. The molecule has 2 saturated heterocycles. The fourth-order valence-corrected chi connectivity index (χ4v) is 9.02. The zero-order valence-electron chi connectivity index (χ0n) is 43.6. The lowest BCUT2D eigenvalue weighted by Gasteiger charge is -2.20. The normalized spacial score (nSPS) is 13.9. The molecule has 8 aromatic rings. The third kappa shape index (κ3) is 15.8. The van der Waals surface area contributed by atoms with Gasteiger partial charge in [-0.3, -0.25) is 14.4 Å². The molecule has 77 heavy (non-hydrogen) atoms. The van der Waals surface area contributed by atoms with Gasteiger partial charge in [-0.1, -0.05) is 24.3 Å². The van der Waals surface area contributed by atoms with E-state index in [-0.39, 0.29) is 23.0 Å². The predicted octanol–water partition coefficient (Wildman–Crippen LogP) is 9.90. The number of anilines is 2. The first-order valence-corrected chi connectivity index (χ1v) is 26.1. The van der Waals surface area contributed by atoms with Crippen molar-refractivity contribution >= 4 is 69.2 Å². The van der Waals surface area contributed by atoms with Crippen LogP contribution in [-0.2, 0) is 22.4 Å². The SMILES string of the molecule is C1CNCCNC1.Cc1cc(-c2ccc(C(=O)N3CCCNCC3)cc2)cc2cc(CCC(=O)/C=C/c3ccc(N)nc3)oc12.Cc1cc(-c2ccc(C(=O)O)cc2)cc2cc(CCC(=O)/C=C/c3ccc(N)nc3)oc12. The molecule has 1 amide bonds. The molecule has 2 aliphatic heterocycles. The van der Waals surface area contributed by atoms with Crippen molar-refractivity contribution in [2.45, 2.75) is 52.4 Å². The number of carbonyl (C=O) groups excluding carboxylic acids is 3. The zero-order chi connectivity index (χ0) is 54.1. The average molecular weight is 1040 g/mol. The van der Waals surface area contributed by atoms with E-state index in [0.29, 0.717) is 42.9 Å². The van der Waals surface area contributed by atoms with E-state index >= 15 is 0 Å². The summed E-state index contributed by atoms with van der Waals surface area (Å²) < 4.78 is 12.1. The van der Waals surface area contributed by atoms with Crippen LogP contribution in [0.2, 0.25) is 0 Å². The second-order valence-electron chi connectivity index (χ2n) is 19.2. The van der Waals surface area contributed by atoms with Crippen LogP contribution in [0.15, 0.2) is 143 Å². The number of nitrogens with two attached hydrogens (primary N) is 2. The molecular formula is C62H66N8O7. The molecule has 0 unspecified atom stereocenters. The maximum atomic E-state index is 12.9. The zero-order valence-corrected chi connectivity index (χ0v) is 43.6. The van der Waals surface area contributed by atoms with Gasteiger partial charge in [-0.05, 0) is 200 Å². The number of ketones is 2. The lowest BCUT2D eigenvalue weighted by Crippen LogP contribution is -2.34. The molecule has 396 valence electrons. The van der Waals surface area contributed by atoms with Crippen LogP contribution in [0.3, 0.4) is 0 Å². The summed E-state index contributed by atoms with van der Waals surface area (Å²) >= 11 is 0. The monoisotopic (exact) mass is 1030 g/mol. The molecular weight excluding hydrogens is 969 g/mol. The summed E-state index contributed by atoms with van der Waals surface area (Å²) in [6, 6.07) is 33.8. The van der Waals surface area contributed by atoms with Crippen molar-refractivity contribution in [3.63, 3.8) is 0 Å². The highest BCUT2D eigenvalue weighted by atomic mass is 16.4. The molecule has 10 rings (SSSR count). The van der Waals surface area contributed by atoms with Crippen LogP contribution in [0.5, 0.6) is 0 Å². The Labute approximate surface area is 448 Å². The Morgan fingerprint density at radius 1 is 0.558 bits per heavy atom. The number of benzene rings is 4. The molecule has 15 heteroatoms. The molecule has 8 N–H and O–H groups in total. The number of nitrogen functional groups attached to an aromatic ring is 2. The van der Waals surface area contributed by atoms with E-state index in [2.05, 4.69) is 38.1 Å². The van der Waals surface area contributed by atoms with Gasteiger partial charge in [0.25, 0.3) is 5.91 Å². The Balaban J connectivity index is 0.000000182. The van der Waals surface area contributed by atoms with E-state index in [1.807, 2.05) is 73.3 Å². The third-order valence-electron chi connectivity index (χ3n) is 13.2. The number of fused-ring (bicyclic) bond motifs is 2. The number of aromatic nitrogens is 2. The Kier molecular flexibility index (Phi) is 19.1. The van der Waals surface area contributed by atoms with Crippen LogP contribution in [0, 0.1) is 13.8 Å². The molecule has 0 bridgehead atoms. The fourth-order valence-electron chi connectivity index (χ4n) is 9.02. The average Bonchev–Trinajstić information content (AvgIpc) is 3.79. The van der Waals surface area contributed by atoms with E-state index in [1.54, 1.807) is 79.2 Å². The highest BCUT2D eigenvalue weighted by Gasteiger charge is 2.18. The quantitative estimate of drug-likeness (QED) is 0.0557. The molecule has 0 atom stereocenters. The van der Waals surface area contributed by atoms with Gasteiger partial charge in [-0.2, -0.15) is 0 Å². The molecule has 0 saturated carbocycles. The minimum absolute atomic E-state index is 0.00166. The number of carbonyl (C=O) groups is 4. The van der Waals surface area contributed by atoms with Gasteiger partial charge in [0, 0.05) is 87.1 Å². The summed E-state index contributed by atoms with van der Waals surface area (Å²) in [7, 11) is 0. The van der Waals surface area contributed by atoms with Crippen molar-refractivity contribution in [1.82, 2.24) is 30.8 Å². The van der Waals surface area contributed by atoms with Crippen molar-refractivity contribution in [2.75, 3.05) is 63.8 Å². The predicted molar refractivity (Wildman–Crippen MR) is 306 cm³/mol. The van der Waals surface area contributed by atoms with E-state index < -0.39 is 5.97 Å². The summed E-state index contributed by atoms with van der Waals surface area (Å²) in [5.41, 5.74) is 21.4. The van der Waals surface area contributed by atoms with E-state index in [4.69, 9.17) is 25.4 Å². The third-order valence-corrected chi connectivity index (χ3v) is 13.2. The van der Waals surface area contributed by atoms with Crippen LogP contribution in [0.25, 0.3) is 56.3 Å². The first-order valence-electron chi connectivity index (χ1n) is 26.1. The number of hydrogen-bond donors (Lipinski definition) is 6. The van der Waals surface area contributed by atoms with Crippen LogP contribution in [0.4, 0.5) is 11.6 Å². The van der Waals surface area contributed by atoms with Crippen molar-refractivity contribution in [2.24, 2.45) is 0 Å². The van der Waals surface area contributed by atoms with Crippen LogP contribution in [-0.4, -0.2) is 95.8 Å². The number of amides is 1. The first kappa shape index (κ1) is 54.8. The Bertz CT molecular complexity index is 3330. The van der Waals surface area contributed by atoms with Gasteiger partial charge in [0.2, 0.25) is 0 Å². The second-order valence-corrected chi connectivity index (χ2v) is 19.2. The number of aromatic carboxylic acids is 1. The van der Waals surface area contributed by atoms with Gasteiger partial charge < -0.3 is 46.3 Å². The smallest absolute Gasteiger partial charge is 0.335 e. The number of rotatable bonds is 14. The molecule has 6 heterocycles. The second kappa shape index (κ2) is 26.8. The summed E-state index contributed by atoms with van der Waals surface area (Å²) in [5, 5.41) is 20.9. The minimum Gasteiger partial charge on any atom is -0.478 e. The van der Waals surface area contributed by atoms with Gasteiger partial charge in [0.15, 0.2) is 11.6 Å². The van der Waals surface area contributed by atoms with E-state index in [9.17, 15) is 19.2 Å². The summed E-state index contributed by atoms with van der Waals surface area (Å²) in [6.45, 7) is 12.0. The molecule has 4 aromatic carbocycles. The standard InChI is InChI=1S/C31H32N4O3.C26H22N2O4.C5H12N2/c1-21-17-25(23-5-7-24(8-6-23)31(37)35-15-2-13-33-14-16-35)18-26-19-28(38-30(21)26)11-10-27(36)9-3-22-4-12-29(32)34-20-22;1-16-12-20(18-4-6-19(7-5-18)26(30)31)13-21-14-23(32-25(16)21)10-9-22(29)8-2-17-3-11-24(27)28-15-17;1-2-6-4-5-7-3-1/h3-9,12,17-20,33H,2,10-11,13-16H2,1H3,(H2,32,34);2-8,11-15H,9-10H2,1H3,(H2,27,28)(H,30,31);6-7H,1-5H2/b9-3+;8-2+;. The van der Waals surface area contributed by atoms with Gasteiger partial charge in [0.05, 0.1) is 5.56 Å². The molecule has 2 aliphatic rings. The lowest BCUT2D eigenvalue weighted by atomic mass is 9.99. The van der Waals surface area contributed by atoms with Gasteiger partial charge in [0.1, 0.15) is 34.3 Å². The number of hydrogen-bond acceptors (Lipinski definition) is 13. The topological polar surface area (TPSA) is 232 Å². The van der Waals surface area contributed by atoms with E-state index in [1.165, 1.54) is 19.5 Å². The number of carboxylic acid groups (broad SMARTS) is 1. The Morgan fingerprint density at radius 2 is 1.03 bits per heavy atom. The Hall–Kier alpha value is -8.50. The van der Waals surface area contributed by atoms with Crippen molar-refractivity contribution in [3.05, 3.63) is 179 Å². The van der Waals surface area contributed by atoms with Crippen LogP contribution in [0.1, 0.15) is 80.2 Å². The molecule has 0 radical (unpaired) electrons. The molecule has 15 nitrogen and oxygen atoms in total. The van der Waals surface area contributed by atoms with Gasteiger partial charge >= 0.3 is 5.97 Å². The summed E-state index contributed by atoms with van der Waals surface area (Å²) in [5.74, 6) is 1.57. The van der Waals surface area contributed by atoms with E-state index in [0.717, 1.165) is 124 Å². The number of furan rings is 2. The number of carboxylic acids is 1. The lowest BCUT2D eigenvalue weighted by molar-refractivity contribution is -0.115. The molecule has 0 aliphatic carbocycles. The fraction of sp³-hybridized carbons (Fsp3) is 0.258. The molecule has 4 aromatic heterocycles. The highest BCUT2D eigenvalue weighted by molar-refractivity contribution is 5.96. The van der Waals surface area contributed by atoms with Crippen molar-refractivity contribution in [1.29, 1.82) is 0 Å². The number of pyridine rings is 2. The van der Waals surface area contributed by atoms with Crippen molar-refractivity contribution in [3.8, 4) is 22.3 Å². The first-order chi connectivity index (χ1) is 37.3. The van der Waals surface area contributed by atoms with Crippen LogP contribution >= 0.6 is 0 Å². The van der Waals surface area contributed by atoms with Gasteiger partial charge in [-0.25, -0.2) is 14.8 Å². The van der Waals surface area contributed by atoms with Crippen LogP contribution < -0.4 is 27.4 Å². The number of aryl methyl sites for hydroxylation is 4. The number of nitrogens with zero attached hydrogens (tertiary/aromatic N) is 3. The maximum absolute atomic E-state index is 12.9. The minimum atomic E-state index is -0.947. The largest absolute Gasteiger partial charge is 0.478 e. The summed E-state index contributed by atoms with van der Waals surface area (Å²) in [4.78, 5) is 58.5. The maximum Gasteiger partial charge on any atom is 0.335 e. The number of nitrogens with one attached hydrogen (secondary N) is 3. The van der Waals surface area contributed by atoms with Crippen molar-refractivity contribution < 1.29 is 33.1 Å². The number of allylic oxidation sites excluding steroid dienone is 2.